The quantitative estimate of drug-likeness (QED) is 0.816. The van der Waals surface area contributed by atoms with E-state index in [-0.39, 0.29) is 5.91 Å². The average molecular weight is 313 g/mol. The largest absolute Gasteiger partial charge is 0.497 e. The second-order valence-corrected chi connectivity index (χ2v) is 5.72. The van der Waals surface area contributed by atoms with Crippen molar-refractivity contribution in [1.29, 1.82) is 0 Å². The summed E-state index contributed by atoms with van der Waals surface area (Å²) >= 11 is 0. The van der Waals surface area contributed by atoms with E-state index in [2.05, 4.69) is 29.5 Å². The number of benzene rings is 1. The Labute approximate surface area is 137 Å². The van der Waals surface area contributed by atoms with Crippen molar-refractivity contribution in [3.05, 3.63) is 48.3 Å². The number of ether oxygens (including phenoxy) is 1. The van der Waals surface area contributed by atoms with Gasteiger partial charge in [0.05, 0.1) is 7.11 Å². The Bertz CT molecular complexity index is 639. The van der Waals surface area contributed by atoms with Gasteiger partial charge in [-0.1, -0.05) is 13.8 Å². The highest BCUT2D eigenvalue weighted by molar-refractivity contribution is 6.03. The molecule has 0 saturated heterocycles. The molecule has 122 valence electrons. The first-order valence-electron chi connectivity index (χ1n) is 7.74. The molecule has 2 rings (SSSR count). The Morgan fingerprint density at radius 3 is 2.57 bits per heavy atom. The predicted octanol–water partition coefficient (Wildman–Crippen LogP) is 3.80. The number of amides is 1. The molecule has 0 bridgehead atoms. The summed E-state index contributed by atoms with van der Waals surface area (Å²) < 4.78 is 5.10. The molecule has 0 atom stereocenters. The lowest BCUT2D eigenvalue weighted by Gasteiger charge is -2.10. The number of nitrogens with one attached hydrogen (secondary N) is 2. The molecule has 0 unspecified atom stereocenters. The minimum Gasteiger partial charge on any atom is -0.497 e. The van der Waals surface area contributed by atoms with E-state index in [1.807, 2.05) is 6.07 Å². The summed E-state index contributed by atoms with van der Waals surface area (Å²) in [4.78, 5) is 16.4. The number of aromatic nitrogens is 1. The molecule has 0 fully saturated rings. The average Bonchev–Trinajstić information content (AvgIpc) is 2.55. The predicted molar refractivity (Wildman–Crippen MR) is 93.1 cm³/mol. The molecule has 1 amide bonds. The van der Waals surface area contributed by atoms with Crippen molar-refractivity contribution in [3.8, 4) is 5.75 Å². The van der Waals surface area contributed by atoms with E-state index < -0.39 is 0 Å². The third-order valence-corrected chi connectivity index (χ3v) is 3.39. The van der Waals surface area contributed by atoms with Crippen LogP contribution < -0.4 is 15.4 Å². The number of pyridine rings is 1. The highest BCUT2D eigenvalue weighted by atomic mass is 16.5. The standard InChI is InChI=1S/C18H23N3O2/c1-13(2)8-10-19-15-9-11-20-17(12-15)18(22)21-14-4-6-16(23-3)7-5-14/h4-7,9,11-13H,8,10H2,1-3H3,(H,19,20)(H,21,22). The zero-order valence-corrected chi connectivity index (χ0v) is 13.8. The summed E-state index contributed by atoms with van der Waals surface area (Å²) in [5.74, 6) is 1.15. The third-order valence-electron chi connectivity index (χ3n) is 3.39. The molecule has 1 aromatic carbocycles. The van der Waals surface area contributed by atoms with Gasteiger partial charge in [-0.25, -0.2) is 0 Å². The van der Waals surface area contributed by atoms with Gasteiger partial charge in [-0.15, -0.1) is 0 Å². The van der Waals surface area contributed by atoms with Gasteiger partial charge in [0.25, 0.3) is 5.91 Å². The summed E-state index contributed by atoms with van der Waals surface area (Å²) in [6.45, 7) is 5.24. The number of methoxy groups -OCH3 is 1. The number of nitrogens with zero attached hydrogens (tertiary/aromatic N) is 1. The van der Waals surface area contributed by atoms with Crippen LogP contribution in [0, 0.1) is 5.92 Å². The van der Waals surface area contributed by atoms with Crippen LogP contribution in [0.5, 0.6) is 5.75 Å². The number of hydrogen-bond acceptors (Lipinski definition) is 4. The van der Waals surface area contributed by atoms with Crippen molar-refractivity contribution in [2.24, 2.45) is 5.92 Å². The van der Waals surface area contributed by atoms with Crippen LogP contribution in [0.3, 0.4) is 0 Å². The second kappa shape index (κ2) is 8.17. The highest BCUT2D eigenvalue weighted by Gasteiger charge is 2.08. The normalized spacial score (nSPS) is 10.4. The van der Waals surface area contributed by atoms with Crippen molar-refractivity contribution in [2.45, 2.75) is 20.3 Å². The summed E-state index contributed by atoms with van der Waals surface area (Å²) in [6.07, 6.45) is 2.72. The maximum Gasteiger partial charge on any atom is 0.274 e. The second-order valence-electron chi connectivity index (χ2n) is 5.72. The smallest absolute Gasteiger partial charge is 0.274 e. The Balaban J connectivity index is 1.98. The molecular formula is C18H23N3O2. The van der Waals surface area contributed by atoms with Crippen molar-refractivity contribution < 1.29 is 9.53 Å². The van der Waals surface area contributed by atoms with Gasteiger partial charge >= 0.3 is 0 Å². The molecule has 23 heavy (non-hydrogen) atoms. The first kappa shape index (κ1) is 16.8. The van der Waals surface area contributed by atoms with E-state index in [0.717, 1.165) is 24.4 Å². The van der Waals surface area contributed by atoms with Gasteiger partial charge < -0.3 is 15.4 Å². The third kappa shape index (κ3) is 5.29. The number of rotatable bonds is 7. The molecule has 5 heteroatoms. The van der Waals surface area contributed by atoms with E-state index in [1.54, 1.807) is 43.6 Å². The fourth-order valence-corrected chi connectivity index (χ4v) is 2.04. The van der Waals surface area contributed by atoms with Crippen LogP contribution in [0.25, 0.3) is 0 Å². The summed E-state index contributed by atoms with van der Waals surface area (Å²) in [5.41, 5.74) is 1.99. The Morgan fingerprint density at radius 2 is 1.91 bits per heavy atom. The van der Waals surface area contributed by atoms with Crippen molar-refractivity contribution in [1.82, 2.24) is 4.98 Å². The summed E-state index contributed by atoms with van der Waals surface area (Å²) in [5, 5.41) is 6.14. The summed E-state index contributed by atoms with van der Waals surface area (Å²) in [6, 6.07) is 10.8. The molecule has 0 aliphatic carbocycles. The molecule has 0 radical (unpaired) electrons. The maximum absolute atomic E-state index is 12.3. The van der Waals surface area contributed by atoms with E-state index in [0.29, 0.717) is 17.3 Å². The van der Waals surface area contributed by atoms with E-state index in [1.165, 1.54) is 0 Å². The van der Waals surface area contributed by atoms with Gasteiger partial charge in [-0.05, 0) is 48.7 Å². The van der Waals surface area contributed by atoms with Gasteiger partial charge in [0.2, 0.25) is 0 Å². The van der Waals surface area contributed by atoms with Crippen molar-refractivity contribution in [3.63, 3.8) is 0 Å². The molecule has 1 heterocycles. The first-order valence-corrected chi connectivity index (χ1v) is 7.74. The van der Waals surface area contributed by atoms with Gasteiger partial charge in [0.15, 0.2) is 0 Å². The maximum atomic E-state index is 12.3. The molecule has 0 aliphatic rings. The lowest BCUT2D eigenvalue weighted by molar-refractivity contribution is 0.102. The Kier molecular flexibility index (Phi) is 5.97. The van der Waals surface area contributed by atoms with Crippen LogP contribution >= 0.6 is 0 Å². The monoisotopic (exact) mass is 313 g/mol. The SMILES string of the molecule is COc1ccc(NC(=O)c2cc(NCCC(C)C)ccn2)cc1. The summed E-state index contributed by atoms with van der Waals surface area (Å²) in [7, 11) is 1.61. The van der Waals surface area contributed by atoms with Crippen molar-refractivity contribution in [2.75, 3.05) is 24.3 Å². The molecule has 0 aliphatic heterocycles. The molecule has 2 N–H and O–H groups in total. The molecule has 5 nitrogen and oxygen atoms in total. The molecule has 1 aromatic heterocycles. The van der Waals surface area contributed by atoms with Gasteiger partial charge in [0.1, 0.15) is 11.4 Å². The molecule has 0 saturated carbocycles. The van der Waals surface area contributed by atoms with Crippen LogP contribution in [0.4, 0.5) is 11.4 Å². The fourth-order valence-electron chi connectivity index (χ4n) is 2.04. The Morgan fingerprint density at radius 1 is 1.17 bits per heavy atom. The van der Waals surface area contributed by atoms with Crippen LogP contribution in [0.1, 0.15) is 30.8 Å². The van der Waals surface area contributed by atoms with Crippen LogP contribution in [-0.4, -0.2) is 24.5 Å². The van der Waals surface area contributed by atoms with E-state index in [9.17, 15) is 4.79 Å². The first-order chi connectivity index (χ1) is 11.1. The highest BCUT2D eigenvalue weighted by Crippen LogP contribution is 2.16. The minimum absolute atomic E-state index is 0.234. The van der Waals surface area contributed by atoms with Crippen molar-refractivity contribution >= 4 is 17.3 Å². The number of anilines is 2. The van der Waals surface area contributed by atoms with Crippen LogP contribution in [0.15, 0.2) is 42.6 Å². The van der Waals surface area contributed by atoms with Gasteiger partial charge in [-0.3, -0.25) is 9.78 Å². The lowest BCUT2D eigenvalue weighted by atomic mass is 10.1. The minimum atomic E-state index is -0.234. The number of hydrogen-bond donors (Lipinski definition) is 2. The van der Waals surface area contributed by atoms with Gasteiger partial charge in [0, 0.05) is 24.1 Å². The van der Waals surface area contributed by atoms with E-state index in [4.69, 9.17) is 4.74 Å². The molecule has 2 aromatic rings. The van der Waals surface area contributed by atoms with Gasteiger partial charge in [-0.2, -0.15) is 0 Å². The lowest BCUT2D eigenvalue weighted by Crippen LogP contribution is -2.14. The fraction of sp³-hybridized carbons (Fsp3) is 0.333. The van der Waals surface area contributed by atoms with E-state index >= 15 is 0 Å². The number of carbonyl (C=O) groups excluding carboxylic acids is 1. The zero-order valence-electron chi connectivity index (χ0n) is 13.8. The topological polar surface area (TPSA) is 63.2 Å². The molecule has 0 spiro atoms. The molecular weight excluding hydrogens is 290 g/mol. The number of carbonyl (C=O) groups is 1. The van der Waals surface area contributed by atoms with Crippen LogP contribution in [0.2, 0.25) is 0 Å². The van der Waals surface area contributed by atoms with Crippen LogP contribution in [-0.2, 0) is 0 Å². The Hall–Kier alpha value is -2.56. The zero-order chi connectivity index (χ0) is 16.7.